The summed E-state index contributed by atoms with van der Waals surface area (Å²) in [6.07, 6.45) is 5.93. The highest BCUT2D eigenvalue weighted by atomic mass is 16.5. The minimum atomic E-state index is -1.19. The van der Waals surface area contributed by atoms with Gasteiger partial charge in [0, 0.05) is 17.9 Å². The average Bonchev–Trinajstić information content (AvgIpc) is 3.34. The molecule has 26 heavy (non-hydrogen) atoms. The standard InChI is InChI=1S/C21H22O5/c1-25-18(23)17-14-8-9-16(20(14)10-11-20)21(17,19(24)26-2)12-15(22)13-6-4-3-5-7-13/h3-9,14,16-17H,10-12H2,1-2H3/t14-,16-,17-,21-/m1/s1. The van der Waals surface area contributed by atoms with E-state index in [1.165, 1.54) is 14.2 Å². The van der Waals surface area contributed by atoms with E-state index in [1.54, 1.807) is 24.3 Å². The Morgan fingerprint density at radius 2 is 1.73 bits per heavy atom. The van der Waals surface area contributed by atoms with E-state index in [1.807, 2.05) is 18.2 Å². The van der Waals surface area contributed by atoms with Gasteiger partial charge in [0.05, 0.1) is 25.6 Å². The van der Waals surface area contributed by atoms with Crippen molar-refractivity contribution in [3.8, 4) is 0 Å². The topological polar surface area (TPSA) is 69.7 Å². The fourth-order valence-electron chi connectivity index (χ4n) is 5.46. The van der Waals surface area contributed by atoms with Crippen LogP contribution < -0.4 is 0 Å². The molecule has 0 aliphatic heterocycles. The molecule has 1 aromatic rings. The lowest BCUT2D eigenvalue weighted by Crippen LogP contribution is -2.48. The lowest BCUT2D eigenvalue weighted by Gasteiger charge is -2.37. The fraction of sp³-hybridized carbons (Fsp3) is 0.476. The second kappa shape index (κ2) is 5.79. The summed E-state index contributed by atoms with van der Waals surface area (Å²) in [7, 11) is 2.65. The molecule has 3 aliphatic rings. The maximum Gasteiger partial charge on any atom is 0.313 e. The van der Waals surface area contributed by atoms with Crippen LogP contribution in [-0.4, -0.2) is 31.9 Å². The van der Waals surface area contributed by atoms with Crippen molar-refractivity contribution in [1.82, 2.24) is 0 Å². The number of methoxy groups -OCH3 is 2. The molecule has 5 nitrogen and oxygen atoms in total. The Morgan fingerprint density at radius 3 is 2.31 bits per heavy atom. The Bertz CT molecular complexity index is 792. The number of hydrogen-bond acceptors (Lipinski definition) is 5. The van der Waals surface area contributed by atoms with Gasteiger partial charge in [0.25, 0.3) is 0 Å². The van der Waals surface area contributed by atoms with E-state index >= 15 is 0 Å². The Kier molecular flexibility index (Phi) is 3.79. The highest BCUT2D eigenvalue weighted by molar-refractivity contribution is 6.01. The normalized spacial score (nSPS) is 32.5. The van der Waals surface area contributed by atoms with Crippen LogP contribution >= 0.6 is 0 Å². The molecule has 2 saturated carbocycles. The van der Waals surface area contributed by atoms with Gasteiger partial charge < -0.3 is 9.47 Å². The molecule has 2 bridgehead atoms. The summed E-state index contributed by atoms with van der Waals surface area (Å²) in [5.74, 6) is -1.97. The van der Waals surface area contributed by atoms with E-state index < -0.39 is 23.3 Å². The van der Waals surface area contributed by atoms with Gasteiger partial charge in [0.2, 0.25) is 0 Å². The molecule has 0 saturated heterocycles. The summed E-state index contributed by atoms with van der Waals surface area (Å²) in [5, 5.41) is 0. The van der Waals surface area contributed by atoms with Gasteiger partial charge in [-0.3, -0.25) is 14.4 Å². The van der Waals surface area contributed by atoms with E-state index in [4.69, 9.17) is 9.47 Å². The molecule has 1 aromatic carbocycles. The first-order chi connectivity index (χ1) is 12.5. The van der Waals surface area contributed by atoms with Gasteiger partial charge in [-0.05, 0) is 24.2 Å². The molecule has 1 spiro atoms. The first-order valence-corrected chi connectivity index (χ1v) is 8.94. The molecule has 4 rings (SSSR count). The highest BCUT2D eigenvalue weighted by Gasteiger charge is 2.77. The molecule has 2 fully saturated rings. The average molecular weight is 354 g/mol. The largest absolute Gasteiger partial charge is 0.469 e. The van der Waals surface area contributed by atoms with Crippen LogP contribution in [0, 0.1) is 28.6 Å². The van der Waals surface area contributed by atoms with Gasteiger partial charge in [-0.15, -0.1) is 0 Å². The number of ketones is 1. The third-order valence-corrected chi connectivity index (χ3v) is 6.66. The number of carbonyl (C=O) groups is 3. The maximum atomic E-state index is 13.0. The molecular weight excluding hydrogens is 332 g/mol. The van der Waals surface area contributed by atoms with Crippen LogP contribution in [0.5, 0.6) is 0 Å². The monoisotopic (exact) mass is 354 g/mol. The minimum absolute atomic E-state index is 0.0449. The van der Waals surface area contributed by atoms with Crippen molar-refractivity contribution >= 4 is 17.7 Å². The Balaban J connectivity index is 1.80. The number of Topliss-reactive ketones (excluding diaryl/α,β-unsaturated/α-hetero) is 1. The van der Waals surface area contributed by atoms with Crippen molar-refractivity contribution in [3.05, 3.63) is 48.0 Å². The minimum Gasteiger partial charge on any atom is -0.469 e. The zero-order chi connectivity index (χ0) is 18.5. The molecule has 5 heteroatoms. The van der Waals surface area contributed by atoms with E-state index in [0.717, 1.165) is 12.8 Å². The molecule has 3 aliphatic carbocycles. The molecule has 0 heterocycles. The molecule has 0 N–H and O–H groups in total. The third-order valence-electron chi connectivity index (χ3n) is 6.66. The van der Waals surface area contributed by atoms with E-state index in [-0.39, 0.29) is 29.5 Å². The van der Waals surface area contributed by atoms with Crippen molar-refractivity contribution in [2.45, 2.75) is 19.3 Å². The SMILES string of the molecule is COC(=O)[C@H]1[C@H]2C=C[C@H](C23CC3)[C@@]1(CC(=O)c1ccccc1)C(=O)OC. The van der Waals surface area contributed by atoms with Crippen molar-refractivity contribution in [2.24, 2.45) is 28.6 Å². The zero-order valence-electron chi connectivity index (χ0n) is 14.9. The van der Waals surface area contributed by atoms with Gasteiger partial charge >= 0.3 is 11.9 Å². The molecule has 4 atom stereocenters. The predicted octanol–water partition coefficient (Wildman–Crippen LogP) is 2.80. The first-order valence-electron chi connectivity index (χ1n) is 8.94. The van der Waals surface area contributed by atoms with E-state index in [0.29, 0.717) is 5.56 Å². The Hall–Kier alpha value is -2.43. The number of allylic oxidation sites excluding steroid dienone is 2. The Morgan fingerprint density at radius 1 is 1.04 bits per heavy atom. The molecular formula is C21H22O5. The van der Waals surface area contributed by atoms with Crippen molar-refractivity contribution in [2.75, 3.05) is 14.2 Å². The molecule has 0 radical (unpaired) electrons. The second-order valence-corrected chi connectivity index (χ2v) is 7.62. The lowest BCUT2D eigenvalue weighted by atomic mass is 9.64. The molecule has 0 unspecified atom stereocenters. The highest BCUT2D eigenvalue weighted by Crippen LogP contribution is 2.77. The van der Waals surface area contributed by atoms with Crippen LogP contribution in [0.25, 0.3) is 0 Å². The molecule has 136 valence electrons. The van der Waals surface area contributed by atoms with Crippen LogP contribution in [0.4, 0.5) is 0 Å². The van der Waals surface area contributed by atoms with Crippen molar-refractivity contribution in [3.63, 3.8) is 0 Å². The van der Waals surface area contributed by atoms with Gasteiger partial charge in [0.15, 0.2) is 5.78 Å². The lowest BCUT2D eigenvalue weighted by molar-refractivity contribution is -0.167. The van der Waals surface area contributed by atoms with Crippen molar-refractivity contribution in [1.29, 1.82) is 0 Å². The fourth-order valence-corrected chi connectivity index (χ4v) is 5.46. The van der Waals surface area contributed by atoms with Crippen LogP contribution in [0.1, 0.15) is 29.6 Å². The van der Waals surface area contributed by atoms with Crippen LogP contribution in [0.3, 0.4) is 0 Å². The quantitative estimate of drug-likeness (QED) is 0.462. The van der Waals surface area contributed by atoms with Gasteiger partial charge in [-0.1, -0.05) is 42.5 Å². The third kappa shape index (κ3) is 2.06. The molecule has 0 aromatic heterocycles. The van der Waals surface area contributed by atoms with Crippen molar-refractivity contribution < 1.29 is 23.9 Å². The number of ether oxygens (including phenoxy) is 2. The van der Waals surface area contributed by atoms with Gasteiger partial charge in [-0.2, -0.15) is 0 Å². The number of esters is 2. The Labute approximate surface area is 152 Å². The maximum absolute atomic E-state index is 13.0. The number of benzene rings is 1. The summed E-state index contributed by atoms with van der Waals surface area (Å²) in [5.41, 5.74) is -0.745. The van der Waals surface area contributed by atoms with E-state index in [9.17, 15) is 14.4 Å². The molecule has 0 amide bonds. The zero-order valence-corrected chi connectivity index (χ0v) is 14.9. The van der Waals surface area contributed by atoms with Crippen LogP contribution in [-0.2, 0) is 19.1 Å². The summed E-state index contributed by atoms with van der Waals surface area (Å²) < 4.78 is 10.2. The predicted molar refractivity (Wildman–Crippen MR) is 93.1 cm³/mol. The number of hydrogen-bond donors (Lipinski definition) is 0. The van der Waals surface area contributed by atoms with E-state index in [2.05, 4.69) is 0 Å². The van der Waals surface area contributed by atoms with Gasteiger partial charge in [-0.25, -0.2) is 0 Å². The summed E-state index contributed by atoms with van der Waals surface area (Å²) >= 11 is 0. The second-order valence-electron chi connectivity index (χ2n) is 7.62. The number of rotatable bonds is 5. The van der Waals surface area contributed by atoms with Crippen LogP contribution in [0.2, 0.25) is 0 Å². The van der Waals surface area contributed by atoms with Crippen LogP contribution in [0.15, 0.2) is 42.5 Å². The summed E-state index contributed by atoms with van der Waals surface area (Å²) in [4.78, 5) is 38.7. The van der Waals surface area contributed by atoms with Gasteiger partial charge in [0.1, 0.15) is 0 Å². The summed E-state index contributed by atoms with van der Waals surface area (Å²) in [6.45, 7) is 0. The number of carbonyl (C=O) groups excluding carboxylic acids is 3. The summed E-state index contributed by atoms with van der Waals surface area (Å²) in [6, 6.07) is 8.88. The first kappa shape index (κ1) is 17.0. The smallest absolute Gasteiger partial charge is 0.313 e.